The lowest BCUT2D eigenvalue weighted by molar-refractivity contribution is -0.170. The summed E-state index contributed by atoms with van der Waals surface area (Å²) in [7, 11) is 1.08. The molecule has 0 fully saturated rings. The van der Waals surface area contributed by atoms with Crippen LogP contribution in [0.2, 0.25) is 0 Å². The second-order valence-corrected chi connectivity index (χ2v) is 5.38. The van der Waals surface area contributed by atoms with E-state index in [-0.39, 0.29) is 11.2 Å². The Balaban J connectivity index is 3.08. The average Bonchev–Trinajstić information content (AvgIpc) is 2.36. The lowest BCUT2D eigenvalue weighted by Crippen LogP contribution is -2.39. The monoisotopic (exact) mass is 288 g/mol. The van der Waals surface area contributed by atoms with E-state index in [0.29, 0.717) is 10.6 Å². The fraction of sp³-hybridized carbons (Fsp3) is 0.571. The summed E-state index contributed by atoms with van der Waals surface area (Å²) in [6, 6.07) is 4.79. The number of alkyl halides is 3. The predicted octanol–water partition coefficient (Wildman–Crippen LogP) is 3.68. The third-order valence-corrected chi connectivity index (χ3v) is 3.19. The highest BCUT2D eigenvalue weighted by Crippen LogP contribution is 2.29. The van der Waals surface area contributed by atoms with Crippen LogP contribution in [0.5, 0.6) is 0 Å². The molecule has 3 nitrogen and oxygen atoms in total. The van der Waals surface area contributed by atoms with Crippen molar-refractivity contribution in [3.8, 4) is 0 Å². The summed E-state index contributed by atoms with van der Waals surface area (Å²) in [6.45, 7) is 5.99. The third-order valence-electron chi connectivity index (χ3n) is 3.19. The van der Waals surface area contributed by atoms with Crippen LogP contribution in [0.4, 0.5) is 19.0 Å². The van der Waals surface area contributed by atoms with Crippen LogP contribution < -0.4 is 4.90 Å². The summed E-state index contributed by atoms with van der Waals surface area (Å²) < 4.78 is 37.3. The standard InChI is InChI=1S/C14H19F3N2O/c1-5-9-13(2,3)10-7-6-8-11(18-10)19(4)12(20)14(15,16)17/h6-8H,5,9H2,1-4H3. The first kappa shape index (κ1) is 16.5. The maximum atomic E-state index is 12.4. The molecule has 20 heavy (non-hydrogen) atoms. The van der Waals surface area contributed by atoms with Gasteiger partial charge in [0, 0.05) is 18.2 Å². The van der Waals surface area contributed by atoms with E-state index in [1.807, 2.05) is 20.8 Å². The largest absolute Gasteiger partial charge is 0.471 e. The molecule has 0 aromatic carbocycles. The molecule has 112 valence electrons. The van der Waals surface area contributed by atoms with Gasteiger partial charge in [-0.25, -0.2) is 4.98 Å². The van der Waals surface area contributed by atoms with Crippen molar-refractivity contribution in [3.63, 3.8) is 0 Å². The van der Waals surface area contributed by atoms with Crippen LogP contribution in [0.25, 0.3) is 0 Å². The van der Waals surface area contributed by atoms with Crippen LogP contribution >= 0.6 is 0 Å². The zero-order chi connectivity index (χ0) is 15.6. The molecule has 0 aliphatic rings. The van der Waals surface area contributed by atoms with Gasteiger partial charge in [0.2, 0.25) is 0 Å². The molecule has 1 heterocycles. The normalized spacial score (nSPS) is 12.3. The van der Waals surface area contributed by atoms with Crippen molar-refractivity contribution in [1.82, 2.24) is 4.98 Å². The van der Waals surface area contributed by atoms with Gasteiger partial charge in [-0.15, -0.1) is 0 Å². The Morgan fingerprint density at radius 3 is 2.40 bits per heavy atom. The Hall–Kier alpha value is -1.59. The molecular weight excluding hydrogens is 269 g/mol. The Kier molecular flexibility index (Phi) is 4.78. The summed E-state index contributed by atoms with van der Waals surface area (Å²) in [4.78, 5) is 15.9. The summed E-state index contributed by atoms with van der Waals surface area (Å²) in [5.74, 6) is -1.91. The molecule has 1 rings (SSSR count). The quantitative estimate of drug-likeness (QED) is 0.846. The van der Waals surface area contributed by atoms with Gasteiger partial charge in [0.1, 0.15) is 5.82 Å². The molecule has 1 aromatic heterocycles. The third kappa shape index (κ3) is 3.71. The zero-order valence-corrected chi connectivity index (χ0v) is 12.1. The van der Waals surface area contributed by atoms with Crippen LogP contribution in [0, 0.1) is 0 Å². The Morgan fingerprint density at radius 1 is 1.30 bits per heavy atom. The molecule has 0 unspecified atom stereocenters. The first-order chi connectivity index (χ1) is 9.09. The Morgan fingerprint density at radius 2 is 1.90 bits per heavy atom. The van der Waals surface area contributed by atoms with E-state index >= 15 is 0 Å². The van der Waals surface area contributed by atoms with E-state index in [1.165, 1.54) is 6.07 Å². The average molecular weight is 288 g/mol. The van der Waals surface area contributed by atoms with Crippen molar-refractivity contribution in [2.45, 2.75) is 45.2 Å². The summed E-state index contributed by atoms with van der Waals surface area (Å²) in [5, 5.41) is 0. The van der Waals surface area contributed by atoms with E-state index in [1.54, 1.807) is 12.1 Å². The molecule has 0 spiro atoms. The molecular formula is C14H19F3N2O. The molecule has 0 aliphatic heterocycles. The Bertz CT molecular complexity index is 484. The van der Waals surface area contributed by atoms with Gasteiger partial charge < -0.3 is 0 Å². The van der Waals surface area contributed by atoms with Crippen LogP contribution in [0.1, 0.15) is 39.3 Å². The van der Waals surface area contributed by atoms with Crippen molar-refractivity contribution in [2.24, 2.45) is 0 Å². The van der Waals surface area contributed by atoms with Gasteiger partial charge in [-0.1, -0.05) is 33.3 Å². The molecule has 0 atom stereocenters. The number of hydrogen-bond acceptors (Lipinski definition) is 2. The molecule has 0 saturated heterocycles. The Labute approximate surface area is 116 Å². The number of carbonyl (C=O) groups is 1. The highest BCUT2D eigenvalue weighted by atomic mass is 19.4. The number of anilines is 1. The minimum atomic E-state index is -4.90. The van der Waals surface area contributed by atoms with E-state index in [2.05, 4.69) is 4.98 Å². The van der Waals surface area contributed by atoms with Crippen molar-refractivity contribution in [1.29, 1.82) is 0 Å². The van der Waals surface area contributed by atoms with E-state index in [9.17, 15) is 18.0 Å². The highest BCUT2D eigenvalue weighted by molar-refractivity contribution is 5.95. The van der Waals surface area contributed by atoms with Gasteiger partial charge in [-0.05, 0) is 18.6 Å². The molecule has 6 heteroatoms. The number of nitrogens with zero attached hydrogens (tertiary/aromatic N) is 2. The van der Waals surface area contributed by atoms with Gasteiger partial charge in [0.05, 0.1) is 0 Å². The van der Waals surface area contributed by atoms with Crippen LogP contribution in [0.3, 0.4) is 0 Å². The number of halogens is 3. The van der Waals surface area contributed by atoms with E-state index in [4.69, 9.17) is 0 Å². The van der Waals surface area contributed by atoms with Crippen molar-refractivity contribution < 1.29 is 18.0 Å². The molecule has 1 aromatic rings. The fourth-order valence-electron chi connectivity index (χ4n) is 2.03. The van der Waals surface area contributed by atoms with Crippen LogP contribution in [0.15, 0.2) is 18.2 Å². The number of hydrogen-bond donors (Lipinski definition) is 0. The smallest absolute Gasteiger partial charge is 0.292 e. The zero-order valence-electron chi connectivity index (χ0n) is 12.1. The molecule has 0 N–H and O–H groups in total. The van der Waals surface area contributed by atoms with Crippen molar-refractivity contribution in [2.75, 3.05) is 11.9 Å². The van der Waals surface area contributed by atoms with Gasteiger partial charge in [-0.2, -0.15) is 13.2 Å². The maximum absolute atomic E-state index is 12.4. The molecule has 0 aliphatic carbocycles. The number of carbonyl (C=O) groups excluding carboxylic acids is 1. The summed E-state index contributed by atoms with van der Waals surface area (Å²) in [6.07, 6.45) is -3.10. The van der Waals surface area contributed by atoms with Crippen LogP contribution in [-0.2, 0) is 10.2 Å². The van der Waals surface area contributed by atoms with Gasteiger partial charge in [0.15, 0.2) is 0 Å². The van der Waals surface area contributed by atoms with Gasteiger partial charge in [-0.3, -0.25) is 9.69 Å². The van der Waals surface area contributed by atoms with E-state index in [0.717, 1.165) is 19.9 Å². The minimum Gasteiger partial charge on any atom is -0.292 e. The second kappa shape index (κ2) is 5.81. The van der Waals surface area contributed by atoms with E-state index < -0.39 is 12.1 Å². The molecule has 1 amide bonds. The first-order valence-electron chi connectivity index (χ1n) is 6.42. The predicted molar refractivity (Wildman–Crippen MR) is 71.6 cm³/mol. The number of rotatable bonds is 4. The maximum Gasteiger partial charge on any atom is 0.471 e. The fourth-order valence-corrected chi connectivity index (χ4v) is 2.03. The summed E-state index contributed by atoms with van der Waals surface area (Å²) >= 11 is 0. The van der Waals surface area contributed by atoms with Gasteiger partial charge >= 0.3 is 12.1 Å². The number of pyridine rings is 1. The summed E-state index contributed by atoms with van der Waals surface area (Å²) in [5.41, 5.74) is 0.436. The molecule has 0 radical (unpaired) electrons. The SMILES string of the molecule is CCCC(C)(C)c1cccc(N(C)C(=O)C(F)(F)F)n1. The van der Waals surface area contributed by atoms with Gasteiger partial charge in [0.25, 0.3) is 0 Å². The lowest BCUT2D eigenvalue weighted by atomic mass is 9.84. The number of amides is 1. The highest BCUT2D eigenvalue weighted by Gasteiger charge is 2.42. The first-order valence-corrected chi connectivity index (χ1v) is 6.42. The number of aromatic nitrogens is 1. The topological polar surface area (TPSA) is 33.2 Å². The minimum absolute atomic E-state index is 0.00834. The van der Waals surface area contributed by atoms with Crippen molar-refractivity contribution >= 4 is 11.7 Å². The lowest BCUT2D eigenvalue weighted by Gasteiger charge is -2.25. The molecule has 0 saturated carbocycles. The van der Waals surface area contributed by atoms with Crippen LogP contribution in [-0.4, -0.2) is 24.1 Å². The molecule has 0 bridgehead atoms. The van der Waals surface area contributed by atoms with Crippen molar-refractivity contribution in [3.05, 3.63) is 23.9 Å². The second-order valence-electron chi connectivity index (χ2n) is 5.38.